The minimum atomic E-state index is -0.0769. The lowest BCUT2D eigenvalue weighted by molar-refractivity contribution is 1.42. The van der Waals surface area contributed by atoms with Crippen molar-refractivity contribution in [1.82, 2.24) is 0 Å². The van der Waals surface area contributed by atoms with Gasteiger partial charge in [0.25, 0.3) is 0 Å². The number of rotatable bonds is 2. The molecule has 3 nitrogen and oxygen atoms in total. The maximum absolute atomic E-state index is 9.17. The Kier molecular flexibility index (Phi) is 5.29. The van der Waals surface area contributed by atoms with E-state index in [0.29, 0.717) is 15.7 Å². The van der Waals surface area contributed by atoms with Crippen LogP contribution in [0.25, 0.3) is 0 Å². The van der Waals surface area contributed by atoms with E-state index in [1.807, 2.05) is 12.1 Å². The predicted octanol–water partition coefficient (Wildman–Crippen LogP) is 6.44. The Labute approximate surface area is 151 Å². The molecule has 0 aliphatic rings. The molecule has 1 N–H and O–H groups in total. The van der Waals surface area contributed by atoms with Gasteiger partial charge in [-0.2, -0.15) is 10.5 Å². The normalized spacial score (nSPS) is 9.95. The van der Waals surface area contributed by atoms with Gasteiger partial charge in [0.05, 0.1) is 42.6 Å². The van der Waals surface area contributed by atoms with Crippen LogP contribution >= 0.6 is 58.0 Å². The van der Waals surface area contributed by atoms with E-state index in [1.165, 1.54) is 6.07 Å². The highest BCUT2D eigenvalue weighted by Crippen LogP contribution is 2.43. The molecule has 0 saturated heterocycles. The molecule has 0 saturated carbocycles. The van der Waals surface area contributed by atoms with Crippen LogP contribution in [0.5, 0.6) is 0 Å². The van der Waals surface area contributed by atoms with Gasteiger partial charge in [0, 0.05) is 5.02 Å². The third-order valence-corrected chi connectivity index (χ3v) is 4.51. The van der Waals surface area contributed by atoms with Crippen molar-refractivity contribution in [3.8, 4) is 12.1 Å². The molecule has 0 aliphatic heterocycles. The van der Waals surface area contributed by atoms with Crippen molar-refractivity contribution >= 4 is 69.4 Å². The molecule has 0 amide bonds. The summed E-state index contributed by atoms with van der Waals surface area (Å²) in [5.41, 5.74) is 0.519. The molecule has 2 aromatic carbocycles. The first-order valence-electron chi connectivity index (χ1n) is 5.63. The number of halogens is 5. The number of hydrogen-bond acceptors (Lipinski definition) is 3. The van der Waals surface area contributed by atoms with Crippen LogP contribution in [-0.4, -0.2) is 0 Å². The van der Waals surface area contributed by atoms with Gasteiger partial charge in [0.1, 0.15) is 12.1 Å². The Hall–Kier alpha value is -1.33. The number of nitrogens with one attached hydrogen (secondary N) is 1. The summed E-state index contributed by atoms with van der Waals surface area (Å²) in [7, 11) is 0. The number of hydrogen-bond donors (Lipinski definition) is 1. The lowest BCUT2D eigenvalue weighted by atomic mass is 10.1. The first-order chi connectivity index (χ1) is 10.4. The minimum Gasteiger partial charge on any atom is -0.352 e. The van der Waals surface area contributed by atoms with Crippen molar-refractivity contribution in [1.29, 1.82) is 10.5 Å². The third-order valence-electron chi connectivity index (χ3n) is 2.74. The smallest absolute Gasteiger partial charge is 0.102 e. The van der Waals surface area contributed by atoms with Crippen LogP contribution in [-0.2, 0) is 0 Å². The standard InChI is InChI=1S/C14H4Cl5N3/c15-6-1-2-10(9(16)3-6)22-14-12(18)8(5-21)7(4-20)11(17)13(14)19/h1-3,22H. The van der Waals surface area contributed by atoms with Crippen LogP contribution in [0, 0.1) is 22.7 Å². The zero-order chi connectivity index (χ0) is 16.4. The van der Waals surface area contributed by atoms with E-state index in [9.17, 15) is 0 Å². The van der Waals surface area contributed by atoms with Crippen molar-refractivity contribution in [3.63, 3.8) is 0 Å². The number of nitriles is 2. The van der Waals surface area contributed by atoms with Gasteiger partial charge >= 0.3 is 0 Å². The highest BCUT2D eigenvalue weighted by molar-refractivity contribution is 6.47. The largest absolute Gasteiger partial charge is 0.352 e. The average molecular weight is 391 g/mol. The Bertz CT molecular complexity index is 849. The van der Waals surface area contributed by atoms with Gasteiger partial charge < -0.3 is 5.32 Å². The molecule has 0 radical (unpaired) electrons. The molecule has 0 heterocycles. The van der Waals surface area contributed by atoms with Gasteiger partial charge in [-0.25, -0.2) is 0 Å². The van der Waals surface area contributed by atoms with E-state index in [0.717, 1.165) is 0 Å². The summed E-state index contributed by atoms with van der Waals surface area (Å²) in [5.74, 6) is 0. The zero-order valence-corrected chi connectivity index (χ0v) is 14.3. The second-order valence-electron chi connectivity index (χ2n) is 4.04. The SMILES string of the molecule is N#Cc1c(Cl)c(Cl)c(Nc2ccc(Cl)cc2Cl)c(Cl)c1C#N. The fourth-order valence-electron chi connectivity index (χ4n) is 1.71. The van der Waals surface area contributed by atoms with Crippen LogP contribution < -0.4 is 5.32 Å². The highest BCUT2D eigenvalue weighted by Gasteiger charge is 2.22. The molecule has 110 valence electrons. The predicted molar refractivity (Wildman–Crippen MR) is 90.6 cm³/mol. The van der Waals surface area contributed by atoms with E-state index < -0.39 is 0 Å². The number of anilines is 2. The quantitative estimate of drug-likeness (QED) is 0.599. The second kappa shape index (κ2) is 6.84. The van der Waals surface area contributed by atoms with E-state index in [-0.39, 0.29) is 31.9 Å². The van der Waals surface area contributed by atoms with Crippen LogP contribution in [0.15, 0.2) is 18.2 Å². The van der Waals surface area contributed by atoms with Crippen molar-refractivity contribution in [2.75, 3.05) is 5.32 Å². The fraction of sp³-hybridized carbons (Fsp3) is 0. The van der Waals surface area contributed by atoms with Gasteiger partial charge in [0.15, 0.2) is 0 Å². The molecule has 0 spiro atoms. The van der Waals surface area contributed by atoms with Gasteiger partial charge in [0.2, 0.25) is 0 Å². The molecule has 0 atom stereocenters. The second-order valence-corrected chi connectivity index (χ2v) is 6.02. The maximum atomic E-state index is 9.17. The summed E-state index contributed by atoms with van der Waals surface area (Å²) in [5, 5.41) is 21.9. The summed E-state index contributed by atoms with van der Waals surface area (Å²) < 4.78 is 0. The van der Waals surface area contributed by atoms with Crippen LogP contribution in [0.4, 0.5) is 11.4 Å². The lowest BCUT2D eigenvalue weighted by Crippen LogP contribution is -1.98. The molecule has 8 heteroatoms. The maximum Gasteiger partial charge on any atom is 0.102 e. The first-order valence-corrected chi connectivity index (χ1v) is 7.52. The Morgan fingerprint density at radius 2 is 1.41 bits per heavy atom. The van der Waals surface area contributed by atoms with Crippen LogP contribution in [0.1, 0.15) is 11.1 Å². The molecule has 0 aliphatic carbocycles. The van der Waals surface area contributed by atoms with Gasteiger partial charge in [-0.15, -0.1) is 0 Å². The number of benzene rings is 2. The highest BCUT2D eigenvalue weighted by atomic mass is 35.5. The molecular formula is C14H4Cl5N3. The zero-order valence-electron chi connectivity index (χ0n) is 10.5. The summed E-state index contributed by atoms with van der Waals surface area (Å²) in [6.45, 7) is 0. The molecule has 2 rings (SSSR count). The Morgan fingerprint density at radius 1 is 0.818 bits per heavy atom. The molecule has 22 heavy (non-hydrogen) atoms. The molecule has 0 fully saturated rings. The summed E-state index contributed by atoms with van der Waals surface area (Å²) in [6.07, 6.45) is 0. The minimum absolute atomic E-state index is 0.0144. The van der Waals surface area contributed by atoms with Crippen molar-refractivity contribution < 1.29 is 0 Å². The third kappa shape index (κ3) is 3.06. The van der Waals surface area contributed by atoms with E-state index in [1.54, 1.807) is 12.1 Å². The van der Waals surface area contributed by atoms with Gasteiger partial charge in [-0.05, 0) is 18.2 Å². The molecule has 2 aromatic rings. The van der Waals surface area contributed by atoms with Crippen LogP contribution in [0.2, 0.25) is 25.1 Å². The number of nitrogens with zero attached hydrogens (tertiary/aromatic N) is 2. The monoisotopic (exact) mass is 389 g/mol. The molecule has 0 unspecified atom stereocenters. The topological polar surface area (TPSA) is 59.6 Å². The van der Waals surface area contributed by atoms with Crippen molar-refractivity contribution in [2.45, 2.75) is 0 Å². The summed E-state index contributed by atoms with van der Waals surface area (Å²) in [6, 6.07) is 8.42. The average Bonchev–Trinajstić information content (AvgIpc) is 2.49. The van der Waals surface area contributed by atoms with Crippen molar-refractivity contribution in [3.05, 3.63) is 54.4 Å². The summed E-state index contributed by atoms with van der Waals surface area (Å²) >= 11 is 30.2. The molecule has 0 bridgehead atoms. The van der Waals surface area contributed by atoms with E-state index >= 15 is 0 Å². The Balaban J connectivity index is 2.65. The van der Waals surface area contributed by atoms with Gasteiger partial charge in [-0.3, -0.25) is 0 Å². The van der Waals surface area contributed by atoms with Gasteiger partial charge in [-0.1, -0.05) is 58.0 Å². The summed E-state index contributed by atoms with van der Waals surface area (Å²) in [4.78, 5) is 0. The molecule has 0 aromatic heterocycles. The van der Waals surface area contributed by atoms with E-state index in [4.69, 9.17) is 68.5 Å². The van der Waals surface area contributed by atoms with Crippen LogP contribution in [0.3, 0.4) is 0 Å². The molecular weight excluding hydrogens is 387 g/mol. The Morgan fingerprint density at radius 3 is 1.95 bits per heavy atom. The first kappa shape index (κ1) is 17.0. The fourth-order valence-corrected chi connectivity index (χ4v) is 2.96. The van der Waals surface area contributed by atoms with E-state index in [2.05, 4.69) is 5.32 Å². The lowest BCUT2D eigenvalue weighted by Gasteiger charge is -2.15. The van der Waals surface area contributed by atoms with Crippen molar-refractivity contribution in [2.24, 2.45) is 0 Å².